The fourth-order valence-corrected chi connectivity index (χ4v) is 3.56. The van der Waals surface area contributed by atoms with Crippen molar-refractivity contribution in [3.63, 3.8) is 0 Å². The van der Waals surface area contributed by atoms with Crippen LogP contribution in [0.25, 0.3) is 10.6 Å². The zero-order valence-corrected chi connectivity index (χ0v) is 15.7. The molecule has 0 fully saturated rings. The first kappa shape index (κ1) is 17.7. The number of benzene rings is 2. The molecule has 0 unspecified atom stereocenters. The van der Waals surface area contributed by atoms with Gasteiger partial charge in [-0.15, -0.1) is 11.3 Å². The Morgan fingerprint density at radius 3 is 2.48 bits per heavy atom. The predicted octanol–water partition coefficient (Wildman–Crippen LogP) is 5.19. The van der Waals surface area contributed by atoms with E-state index >= 15 is 0 Å². The van der Waals surface area contributed by atoms with Gasteiger partial charge in [-0.2, -0.15) is 0 Å². The van der Waals surface area contributed by atoms with Gasteiger partial charge < -0.3 is 11.1 Å². The predicted molar refractivity (Wildman–Crippen MR) is 105 cm³/mol. The van der Waals surface area contributed by atoms with E-state index in [1.807, 2.05) is 36.6 Å². The summed E-state index contributed by atoms with van der Waals surface area (Å²) in [6, 6.07) is 11.3. The van der Waals surface area contributed by atoms with Gasteiger partial charge >= 0.3 is 0 Å². The topological polar surface area (TPSA) is 68.0 Å². The molecule has 1 amide bonds. The number of halogens is 2. The summed E-state index contributed by atoms with van der Waals surface area (Å²) in [6.07, 6.45) is 0.169. The second-order valence-corrected chi connectivity index (χ2v) is 7.26. The molecule has 0 aliphatic carbocycles. The average Bonchev–Trinajstić information content (AvgIpc) is 3.01. The number of nitrogens with one attached hydrogen (secondary N) is 1. The van der Waals surface area contributed by atoms with Gasteiger partial charge in [0.25, 0.3) is 0 Å². The first-order valence-corrected chi connectivity index (χ1v) is 9.12. The minimum Gasteiger partial charge on any atom is -0.396 e. The number of carbonyl (C=O) groups excluding carboxylic acids is 1. The number of aryl methyl sites for hydroxylation is 1. The smallest absolute Gasteiger partial charge is 0.230 e. The van der Waals surface area contributed by atoms with Crippen molar-refractivity contribution in [3.05, 3.63) is 63.1 Å². The number of aromatic nitrogens is 1. The molecule has 0 bridgehead atoms. The summed E-state index contributed by atoms with van der Waals surface area (Å²) in [6.45, 7) is 2.04. The molecule has 0 saturated carbocycles. The summed E-state index contributed by atoms with van der Waals surface area (Å²) >= 11 is 13.5. The van der Waals surface area contributed by atoms with Gasteiger partial charge in [0, 0.05) is 16.6 Å². The van der Waals surface area contributed by atoms with Gasteiger partial charge in [-0.3, -0.25) is 4.79 Å². The van der Waals surface area contributed by atoms with Gasteiger partial charge in [0.1, 0.15) is 5.01 Å². The number of nitrogens with zero attached hydrogens (tertiary/aromatic N) is 1. The Hall–Kier alpha value is -2.08. The van der Waals surface area contributed by atoms with Crippen molar-refractivity contribution >= 4 is 51.8 Å². The molecule has 3 N–H and O–H groups in total. The van der Waals surface area contributed by atoms with Crippen LogP contribution < -0.4 is 11.1 Å². The van der Waals surface area contributed by atoms with E-state index in [-0.39, 0.29) is 12.3 Å². The molecule has 7 heteroatoms. The highest BCUT2D eigenvalue weighted by Gasteiger charge is 2.11. The highest BCUT2D eigenvalue weighted by atomic mass is 35.5. The van der Waals surface area contributed by atoms with E-state index in [1.54, 1.807) is 12.1 Å². The van der Waals surface area contributed by atoms with Gasteiger partial charge in [0.2, 0.25) is 5.91 Å². The maximum absolute atomic E-state index is 12.2. The maximum atomic E-state index is 12.2. The molecule has 3 aromatic rings. The monoisotopic (exact) mass is 391 g/mol. The molecule has 4 nitrogen and oxygen atoms in total. The molecular weight excluding hydrogens is 377 g/mol. The normalized spacial score (nSPS) is 10.7. The molecule has 0 aliphatic rings. The zero-order valence-electron chi connectivity index (χ0n) is 13.3. The second kappa shape index (κ2) is 7.44. The molecular formula is C18H15Cl2N3OS. The Morgan fingerprint density at radius 1 is 1.20 bits per heavy atom. The molecule has 0 atom stereocenters. The van der Waals surface area contributed by atoms with Crippen LogP contribution in [0.3, 0.4) is 0 Å². The van der Waals surface area contributed by atoms with E-state index in [2.05, 4.69) is 10.3 Å². The molecule has 3 rings (SSSR count). The second-order valence-electron chi connectivity index (χ2n) is 5.59. The molecule has 128 valence electrons. The third-order valence-corrected chi connectivity index (χ3v) is 5.12. The van der Waals surface area contributed by atoms with Crippen molar-refractivity contribution in [3.8, 4) is 10.6 Å². The minimum atomic E-state index is -0.197. The molecule has 25 heavy (non-hydrogen) atoms. The van der Waals surface area contributed by atoms with Gasteiger partial charge in [0.05, 0.1) is 27.8 Å². The number of nitrogen functional groups attached to an aromatic ring is 1. The first-order chi connectivity index (χ1) is 11.9. The summed E-state index contributed by atoms with van der Waals surface area (Å²) in [5, 5.41) is 6.14. The molecule has 0 spiro atoms. The third kappa shape index (κ3) is 4.31. The van der Waals surface area contributed by atoms with Crippen LogP contribution in [0.15, 0.2) is 41.8 Å². The largest absolute Gasteiger partial charge is 0.396 e. The number of amides is 1. The van der Waals surface area contributed by atoms with Crippen molar-refractivity contribution < 1.29 is 4.79 Å². The average molecular weight is 392 g/mol. The van der Waals surface area contributed by atoms with E-state index in [4.69, 9.17) is 28.9 Å². The van der Waals surface area contributed by atoms with Crippen LogP contribution in [0.2, 0.25) is 10.0 Å². The van der Waals surface area contributed by atoms with Gasteiger partial charge in [-0.25, -0.2) is 4.98 Å². The van der Waals surface area contributed by atoms with Crippen LogP contribution in [0, 0.1) is 6.92 Å². The summed E-state index contributed by atoms with van der Waals surface area (Å²) in [5.74, 6) is -0.197. The van der Waals surface area contributed by atoms with Crippen LogP contribution in [0.5, 0.6) is 0 Å². The van der Waals surface area contributed by atoms with Gasteiger partial charge in [-0.1, -0.05) is 53.0 Å². The van der Waals surface area contributed by atoms with Crippen molar-refractivity contribution in [2.45, 2.75) is 13.3 Å². The highest BCUT2D eigenvalue weighted by molar-refractivity contribution is 7.13. The third-order valence-electron chi connectivity index (χ3n) is 3.55. The lowest BCUT2D eigenvalue weighted by Crippen LogP contribution is -2.14. The van der Waals surface area contributed by atoms with Crippen molar-refractivity contribution in [1.82, 2.24) is 4.98 Å². The van der Waals surface area contributed by atoms with E-state index < -0.39 is 0 Å². The fraction of sp³-hybridized carbons (Fsp3) is 0.111. The number of anilines is 2. The molecule has 1 aromatic heterocycles. The number of hydrogen-bond donors (Lipinski definition) is 2. The maximum Gasteiger partial charge on any atom is 0.230 e. The molecule has 1 heterocycles. The standard InChI is InChI=1S/C18H15Cl2N3OS/c1-10-2-4-11(5-3-10)18-23-13(9-25-18)8-16(24)22-12-6-14(19)17(21)15(20)7-12/h2-7,9H,8,21H2,1H3,(H,22,24). The van der Waals surface area contributed by atoms with Crippen LogP contribution >= 0.6 is 34.5 Å². The molecule has 0 aliphatic heterocycles. The number of thiazole rings is 1. The molecule has 0 saturated heterocycles. The zero-order chi connectivity index (χ0) is 18.0. The fourth-order valence-electron chi connectivity index (χ4n) is 2.24. The number of hydrogen-bond acceptors (Lipinski definition) is 4. The Bertz CT molecular complexity index is 899. The lowest BCUT2D eigenvalue weighted by molar-refractivity contribution is -0.115. The summed E-state index contributed by atoms with van der Waals surface area (Å²) in [7, 11) is 0. The molecule has 0 radical (unpaired) electrons. The summed E-state index contributed by atoms with van der Waals surface area (Å²) in [4.78, 5) is 16.7. The van der Waals surface area contributed by atoms with E-state index in [9.17, 15) is 4.79 Å². The first-order valence-electron chi connectivity index (χ1n) is 7.48. The number of carbonyl (C=O) groups is 1. The highest BCUT2D eigenvalue weighted by Crippen LogP contribution is 2.31. The van der Waals surface area contributed by atoms with Crippen LogP contribution in [-0.2, 0) is 11.2 Å². The Morgan fingerprint density at radius 2 is 1.84 bits per heavy atom. The van der Waals surface area contributed by atoms with Crippen LogP contribution in [0.4, 0.5) is 11.4 Å². The van der Waals surface area contributed by atoms with Gasteiger partial charge in [0.15, 0.2) is 0 Å². The quantitative estimate of drug-likeness (QED) is 0.601. The summed E-state index contributed by atoms with van der Waals surface area (Å²) < 4.78 is 0. The Balaban J connectivity index is 1.68. The Labute approximate surface area is 159 Å². The lowest BCUT2D eigenvalue weighted by Gasteiger charge is -2.07. The lowest BCUT2D eigenvalue weighted by atomic mass is 10.2. The van der Waals surface area contributed by atoms with Crippen molar-refractivity contribution in [2.24, 2.45) is 0 Å². The van der Waals surface area contributed by atoms with Crippen molar-refractivity contribution in [1.29, 1.82) is 0 Å². The summed E-state index contributed by atoms with van der Waals surface area (Å²) in [5.41, 5.74) is 9.43. The van der Waals surface area contributed by atoms with Crippen LogP contribution in [-0.4, -0.2) is 10.9 Å². The SMILES string of the molecule is Cc1ccc(-c2nc(CC(=O)Nc3cc(Cl)c(N)c(Cl)c3)cs2)cc1. The van der Waals surface area contributed by atoms with E-state index in [0.717, 1.165) is 10.6 Å². The Kier molecular flexibility index (Phi) is 5.27. The van der Waals surface area contributed by atoms with Gasteiger partial charge in [-0.05, 0) is 19.1 Å². The van der Waals surface area contributed by atoms with E-state index in [1.165, 1.54) is 16.9 Å². The minimum absolute atomic E-state index is 0.169. The van der Waals surface area contributed by atoms with Crippen molar-refractivity contribution in [2.75, 3.05) is 11.1 Å². The van der Waals surface area contributed by atoms with Crippen LogP contribution in [0.1, 0.15) is 11.3 Å². The number of nitrogens with two attached hydrogens (primary N) is 1. The molecule has 2 aromatic carbocycles. The van der Waals surface area contributed by atoms with E-state index in [0.29, 0.717) is 27.1 Å². The number of rotatable bonds is 4.